The van der Waals surface area contributed by atoms with Gasteiger partial charge in [-0.2, -0.15) is 0 Å². The van der Waals surface area contributed by atoms with Gasteiger partial charge in [0.25, 0.3) is 0 Å². The molecule has 0 bridgehead atoms. The van der Waals surface area contributed by atoms with E-state index in [0.29, 0.717) is 5.75 Å². The zero-order valence-electron chi connectivity index (χ0n) is 8.16. The van der Waals surface area contributed by atoms with Crippen LogP contribution in [0.15, 0.2) is 40.3 Å². The number of rotatable bonds is 4. The van der Waals surface area contributed by atoms with Crippen molar-refractivity contribution in [1.29, 1.82) is 0 Å². The zero-order valence-corrected chi connectivity index (χ0v) is 8.98. The number of pyridine rings is 1. The lowest BCUT2D eigenvalue weighted by atomic mass is 10.3. The van der Waals surface area contributed by atoms with Crippen LogP contribution in [0.2, 0.25) is 0 Å². The fourth-order valence-corrected chi connectivity index (χ4v) is 1.80. The van der Waals surface area contributed by atoms with Crippen LogP contribution in [-0.4, -0.2) is 21.2 Å². The molecule has 0 aliphatic heterocycles. The molecule has 0 aliphatic rings. The maximum absolute atomic E-state index is 10.6. The van der Waals surface area contributed by atoms with E-state index in [9.17, 15) is 4.79 Å². The Morgan fingerprint density at radius 3 is 2.88 bits per heavy atom. The Morgan fingerprint density at radius 1 is 1.44 bits per heavy atom. The molecule has 6 heteroatoms. The van der Waals surface area contributed by atoms with Crippen molar-refractivity contribution >= 4 is 17.7 Å². The number of thioether (sulfide) groups is 1. The van der Waals surface area contributed by atoms with E-state index in [1.165, 1.54) is 24.0 Å². The summed E-state index contributed by atoms with van der Waals surface area (Å²) >= 11 is 1.49. The predicted octanol–water partition coefficient (Wildman–Crippen LogP) is 2.06. The van der Waals surface area contributed by atoms with Crippen LogP contribution in [0.3, 0.4) is 0 Å². The summed E-state index contributed by atoms with van der Waals surface area (Å²) in [6.07, 6.45) is 4.55. The molecule has 0 saturated heterocycles. The third-order valence-electron chi connectivity index (χ3n) is 1.85. The van der Waals surface area contributed by atoms with Crippen LogP contribution in [0.5, 0.6) is 0 Å². The molecular weight excluding hydrogens is 228 g/mol. The quantitative estimate of drug-likeness (QED) is 0.819. The molecule has 2 aromatic rings. The first kappa shape index (κ1) is 10.7. The Hall–Kier alpha value is -1.82. The largest absolute Gasteiger partial charge is 0.478 e. The van der Waals surface area contributed by atoms with Gasteiger partial charge in [0.05, 0.1) is 16.8 Å². The lowest BCUT2D eigenvalue weighted by Crippen LogP contribution is -1.96. The van der Waals surface area contributed by atoms with E-state index in [1.807, 2.05) is 0 Å². The number of nitrogens with zero attached hydrogens (tertiary/aromatic N) is 2. The van der Waals surface area contributed by atoms with Crippen LogP contribution in [-0.2, 0) is 5.75 Å². The first-order chi connectivity index (χ1) is 7.75. The average Bonchev–Trinajstić information content (AvgIpc) is 2.80. The topological polar surface area (TPSA) is 76.2 Å². The third-order valence-corrected chi connectivity index (χ3v) is 2.87. The molecule has 0 atom stereocenters. The molecule has 0 saturated carbocycles. The predicted molar refractivity (Wildman–Crippen MR) is 57.3 cm³/mol. The molecule has 16 heavy (non-hydrogen) atoms. The van der Waals surface area contributed by atoms with Gasteiger partial charge >= 0.3 is 5.97 Å². The Balaban J connectivity index is 1.98. The van der Waals surface area contributed by atoms with Crippen molar-refractivity contribution < 1.29 is 14.4 Å². The molecule has 2 heterocycles. The average molecular weight is 236 g/mol. The normalized spacial score (nSPS) is 10.2. The van der Waals surface area contributed by atoms with Gasteiger partial charge in [0.15, 0.2) is 0 Å². The van der Waals surface area contributed by atoms with E-state index in [0.717, 1.165) is 10.6 Å². The van der Waals surface area contributed by atoms with Crippen molar-refractivity contribution in [3.05, 3.63) is 41.9 Å². The summed E-state index contributed by atoms with van der Waals surface area (Å²) in [6.45, 7) is 0. The second-order valence-corrected chi connectivity index (χ2v) is 4.01. The second kappa shape index (κ2) is 4.80. The van der Waals surface area contributed by atoms with Crippen LogP contribution in [0.1, 0.15) is 15.9 Å². The molecule has 1 N–H and O–H groups in total. The maximum atomic E-state index is 10.6. The fourth-order valence-electron chi connectivity index (χ4n) is 1.05. The molecule has 0 aliphatic carbocycles. The Bertz CT molecular complexity index is 467. The van der Waals surface area contributed by atoms with Crippen molar-refractivity contribution in [3.63, 3.8) is 0 Å². The Morgan fingerprint density at radius 2 is 2.31 bits per heavy atom. The highest BCUT2D eigenvalue weighted by atomic mass is 32.2. The Kier molecular flexibility index (Phi) is 3.21. The first-order valence-electron chi connectivity index (χ1n) is 4.46. The summed E-state index contributed by atoms with van der Waals surface area (Å²) in [6, 6.07) is 3.22. The van der Waals surface area contributed by atoms with Gasteiger partial charge in [-0.05, 0) is 12.1 Å². The van der Waals surface area contributed by atoms with E-state index in [2.05, 4.69) is 10.1 Å². The number of aromatic nitrogens is 2. The van der Waals surface area contributed by atoms with Gasteiger partial charge in [0.1, 0.15) is 6.26 Å². The number of carbonyl (C=O) groups is 1. The van der Waals surface area contributed by atoms with Crippen molar-refractivity contribution in [1.82, 2.24) is 10.1 Å². The molecule has 0 aromatic carbocycles. The minimum absolute atomic E-state index is 0.189. The van der Waals surface area contributed by atoms with E-state index in [-0.39, 0.29) is 5.56 Å². The summed E-state index contributed by atoms with van der Waals surface area (Å²) in [5.41, 5.74) is 1.16. The lowest BCUT2D eigenvalue weighted by Gasteiger charge is -1.98. The SMILES string of the molecule is O=C(O)c1ccc(SCc2cnoc2)nc1. The molecule has 0 unspecified atom stereocenters. The van der Waals surface area contributed by atoms with Gasteiger partial charge in [-0.3, -0.25) is 0 Å². The van der Waals surface area contributed by atoms with Gasteiger partial charge < -0.3 is 9.63 Å². The highest BCUT2D eigenvalue weighted by Crippen LogP contribution is 2.20. The van der Waals surface area contributed by atoms with Gasteiger partial charge in [0.2, 0.25) is 0 Å². The van der Waals surface area contributed by atoms with Crippen molar-refractivity contribution in [2.75, 3.05) is 0 Å². The smallest absolute Gasteiger partial charge is 0.337 e. The maximum Gasteiger partial charge on any atom is 0.337 e. The lowest BCUT2D eigenvalue weighted by molar-refractivity contribution is 0.0696. The number of hydrogen-bond donors (Lipinski definition) is 1. The van der Waals surface area contributed by atoms with E-state index >= 15 is 0 Å². The second-order valence-electron chi connectivity index (χ2n) is 3.01. The summed E-state index contributed by atoms with van der Waals surface area (Å²) in [5, 5.41) is 13.0. The molecule has 2 aromatic heterocycles. The number of carboxylic acids is 1. The number of carboxylic acid groups (broad SMARTS) is 1. The molecule has 0 fully saturated rings. The minimum atomic E-state index is -0.969. The van der Waals surface area contributed by atoms with Gasteiger partial charge in [-0.15, -0.1) is 11.8 Å². The van der Waals surface area contributed by atoms with Crippen LogP contribution >= 0.6 is 11.8 Å². The molecule has 5 nitrogen and oxygen atoms in total. The van der Waals surface area contributed by atoms with Crippen LogP contribution in [0.4, 0.5) is 0 Å². The summed E-state index contributed by atoms with van der Waals surface area (Å²) in [5.74, 6) is -0.272. The molecule has 82 valence electrons. The highest BCUT2D eigenvalue weighted by molar-refractivity contribution is 7.98. The summed E-state index contributed by atoms with van der Waals surface area (Å²) < 4.78 is 4.69. The molecule has 0 amide bonds. The zero-order chi connectivity index (χ0) is 11.4. The monoisotopic (exact) mass is 236 g/mol. The summed E-state index contributed by atoms with van der Waals surface area (Å²) in [7, 11) is 0. The first-order valence-corrected chi connectivity index (χ1v) is 5.44. The number of aromatic carboxylic acids is 1. The van der Waals surface area contributed by atoms with Crippen LogP contribution in [0.25, 0.3) is 0 Å². The van der Waals surface area contributed by atoms with Crippen LogP contribution in [0, 0.1) is 0 Å². The van der Waals surface area contributed by atoms with Crippen molar-refractivity contribution in [3.8, 4) is 0 Å². The molecular formula is C10H8N2O3S. The van der Waals surface area contributed by atoms with E-state index < -0.39 is 5.97 Å². The van der Waals surface area contributed by atoms with Crippen molar-refractivity contribution in [2.24, 2.45) is 0 Å². The van der Waals surface area contributed by atoms with E-state index in [1.54, 1.807) is 18.5 Å². The number of hydrogen-bond acceptors (Lipinski definition) is 5. The Labute approximate surface area is 95.5 Å². The molecule has 0 radical (unpaired) electrons. The minimum Gasteiger partial charge on any atom is -0.478 e. The van der Waals surface area contributed by atoms with Crippen LogP contribution < -0.4 is 0 Å². The van der Waals surface area contributed by atoms with Crippen molar-refractivity contribution in [2.45, 2.75) is 10.8 Å². The highest BCUT2D eigenvalue weighted by Gasteiger charge is 2.04. The molecule has 2 rings (SSSR count). The standard InChI is InChI=1S/C10H8N2O3S/c13-10(14)8-1-2-9(11-4-8)16-6-7-3-12-15-5-7/h1-5H,6H2,(H,13,14). The summed E-state index contributed by atoms with van der Waals surface area (Å²) in [4.78, 5) is 14.6. The van der Waals surface area contributed by atoms with Gasteiger partial charge in [0, 0.05) is 17.5 Å². The fraction of sp³-hybridized carbons (Fsp3) is 0.100. The van der Waals surface area contributed by atoms with E-state index in [4.69, 9.17) is 9.63 Å². The molecule has 0 spiro atoms. The van der Waals surface area contributed by atoms with Gasteiger partial charge in [-0.25, -0.2) is 9.78 Å². The van der Waals surface area contributed by atoms with Gasteiger partial charge in [-0.1, -0.05) is 5.16 Å². The third kappa shape index (κ3) is 2.60.